The number of hydrogen-bond donors (Lipinski definition) is 3. The van der Waals surface area contributed by atoms with Crippen LogP contribution in [0, 0.1) is 5.92 Å². The fourth-order valence-electron chi connectivity index (χ4n) is 4.57. The van der Waals surface area contributed by atoms with Crippen molar-refractivity contribution >= 4 is 0 Å². The Labute approximate surface area is 129 Å². The van der Waals surface area contributed by atoms with Gasteiger partial charge in [0.15, 0.2) is 0 Å². The molecule has 3 heteroatoms. The number of aliphatic hydroxyl groups is 1. The molecule has 2 aromatic rings. The Balaban J connectivity index is 1.94. The number of phenols is 2. The zero-order chi connectivity index (χ0) is 15.6. The Morgan fingerprint density at radius 1 is 1.05 bits per heavy atom. The van der Waals surface area contributed by atoms with Crippen molar-refractivity contribution in [3.05, 3.63) is 58.7 Å². The fourth-order valence-corrected chi connectivity index (χ4v) is 4.57. The van der Waals surface area contributed by atoms with Crippen molar-refractivity contribution in [2.75, 3.05) is 0 Å². The second-order valence-corrected chi connectivity index (χ2v) is 7.12. The Morgan fingerprint density at radius 3 is 2.55 bits per heavy atom. The van der Waals surface area contributed by atoms with Gasteiger partial charge in [-0.05, 0) is 40.5 Å². The van der Waals surface area contributed by atoms with Crippen LogP contribution in [-0.4, -0.2) is 15.3 Å². The summed E-state index contributed by atoms with van der Waals surface area (Å²) in [5.74, 6) is 0.335. The van der Waals surface area contributed by atoms with Gasteiger partial charge in [-0.15, -0.1) is 0 Å². The number of benzene rings is 2. The van der Waals surface area contributed by atoms with E-state index in [1.54, 1.807) is 6.07 Å². The van der Waals surface area contributed by atoms with Crippen molar-refractivity contribution in [3.8, 4) is 11.5 Å². The SMILES string of the molecule is CC1(C)c2ccccc2C2C(O)c3cc(O)cc(O)c3CC21. The highest BCUT2D eigenvalue weighted by atomic mass is 16.3. The summed E-state index contributed by atoms with van der Waals surface area (Å²) in [5.41, 5.74) is 3.85. The third-order valence-corrected chi connectivity index (χ3v) is 5.70. The predicted octanol–water partition coefficient (Wildman–Crippen LogP) is 3.38. The molecule has 3 unspecified atom stereocenters. The van der Waals surface area contributed by atoms with Gasteiger partial charge in [0.1, 0.15) is 11.5 Å². The predicted molar refractivity (Wildman–Crippen MR) is 84.1 cm³/mol. The molecule has 2 aromatic carbocycles. The number of aromatic hydroxyl groups is 2. The average Bonchev–Trinajstić information content (AvgIpc) is 2.70. The van der Waals surface area contributed by atoms with Crippen LogP contribution in [0.5, 0.6) is 11.5 Å². The molecule has 0 heterocycles. The van der Waals surface area contributed by atoms with E-state index in [-0.39, 0.29) is 28.7 Å². The van der Waals surface area contributed by atoms with E-state index in [0.717, 1.165) is 5.56 Å². The summed E-state index contributed by atoms with van der Waals surface area (Å²) in [6, 6.07) is 11.2. The van der Waals surface area contributed by atoms with E-state index in [9.17, 15) is 15.3 Å². The maximum absolute atomic E-state index is 10.9. The van der Waals surface area contributed by atoms with Crippen molar-refractivity contribution in [2.45, 2.75) is 37.7 Å². The van der Waals surface area contributed by atoms with Gasteiger partial charge >= 0.3 is 0 Å². The first-order chi connectivity index (χ1) is 10.4. The summed E-state index contributed by atoms with van der Waals surface area (Å²) in [6.07, 6.45) is 0.0138. The molecule has 4 rings (SSSR count). The first-order valence-electron chi connectivity index (χ1n) is 7.73. The minimum atomic E-state index is -0.699. The van der Waals surface area contributed by atoms with E-state index >= 15 is 0 Å². The smallest absolute Gasteiger partial charge is 0.122 e. The summed E-state index contributed by atoms with van der Waals surface area (Å²) in [5, 5.41) is 30.9. The van der Waals surface area contributed by atoms with Crippen molar-refractivity contribution < 1.29 is 15.3 Å². The summed E-state index contributed by atoms with van der Waals surface area (Å²) >= 11 is 0. The van der Waals surface area contributed by atoms with Gasteiger partial charge in [-0.25, -0.2) is 0 Å². The van der Waals surface area contributed by atoms with Gasteiger partial charge in [-0.3, -0.25) is 0 Å². The third kappa shape index (κ3) is 1.60. The molecule has 0 spiro atoms. The van der Waals surface area contributed by atoms with Gasteiger partial charge in [-0.2, -0.15) is 0 Å². The van der Waals surface area contributed by atoms with E-state index < -0.39 is 6.10 Å². The Hall–Kier alpha value is -2.00. The average molecular weight is 296 g/mol. The van der Waals surface area contributed by atoms with Crippen LogP contribution in [0.3, 0.4) is 0 Å². The molecule has 0 saturated carbocycles. The zero-order valence-electron chi connectivity index (χ0n) is 12.7. The number of phenolic OH excluding ortho intramolecular Hbond substituents is 2. The standard InChI is InChI=1S/C19H20O3/c1-19(2)14-6-4-3-5-11(14)17-15(19)9-12-13(18(17)22)7-10(20)8-16(12)21/h3-8,15,17-18,20-22H,9H2,1-2H3. The molecule has 2 aliphatic carbocycles. The minimum Gasteiger partial charge on any atom is -0.508 e. The van der Waals surface area contributed by atoms with E-state index in [1.165, 1.54) is 17.2 Å². The molecular formula is C19H20O3. The normalized spacial score (nSPS) is 27.9. The lowest BCUT2D eigenvalue weighted by atomic mass is 9.66. The highest BCUT2D eigenvalue weighted by Crippen LogP contribution is 2.59. The van der Waals surface area contributed by atoms with E-state index in [4.69, 9.17) is 0 Å². The molecular weight excluding hydrogens is 276 g/mol. The van der Waals surface area contributed by atoms with Gasteiger partial charge in [0.2, 0.25) is 0 Å². The van der Waals surface area contributed by atoms with Crippen molar-refractivity contribution in [1.82, 2.24) is 0 Å². The summed E-state index contributed by atoms with van der Waals surface area (Å²) in [4.78, 5) is 0. The van der Waals surface area contributed by atoms with Gasteiger partial charge in [0.25, 0.3) is 0 Å². The van der Waals surface area contributed by atoms with Crippen LogP contribution < -0.4 is 0 Å². The van der Waals surface area contributed by atoms with Crippen molar-refractivity contribution in [3.63, 3.8) is 0 Å². The molecule has 0 aliphatic heterocycles. The molecule has 114 valence electrons. The van der Waals surface area contributed by atoms with Crippen LogP contribution in [0.1, 0.15) is 48.1 Å². The van der Waals surface area contributed by atoms with Crippen LogP contribution in [0.4, 0.5) is 0 Å². The number of fused-ring (bicyclic) bond motifs is 4. The number of hydrogen-bond acceptors (Lipinski definition) is 3. The maximum Gasteiger partial charge on any atom is 0.122 e. The molecule has 0 bridgehead atoms. The maximum atomic E-state index is 10.9. The summed E-state index contributed by atoms with van der Waals surface area (Å²) in [6.45, 7) is 4.43. The molecule has 0 aromatic heterocycles. The largest absolute Gasteiger partial charge is 0.508 e. The van der Waals surface area contributed by atoms with Crippen LogP contribution in [0.25, 0.3) is 0 Å². The highest BCUT2D eigenvalue weighted by molar-refractivity contribution is 5.54. The molecule has 0 radical (unpaired) electrons. The lowest BCUT2D eigenvalue weighted by Crippen LogP contribution is -2.34. The quantitative estimate of drug-likeness (QED) is 0.698. The van der Waals surface area contributed by atoms with Gasteiger partial charge in [-0.1, -0.05) is 38.1 Å². The Morgan fingerprint density at radius 2 is 1.77 bits per heavy atom. The number of rotatable bonds is 0. The summed E-state index contributed by atoms with van der Waals surface area (Å²) < 4.78 is 0. The molecule has 0 fully saturated rings. The first kappa shape index (κ1) is 13.6. The number of aliphatic hydroxyl groups excluding tert-OH is 1. The van der Waals surface area contributed by atoms with Crippen LogP contribution in [0.15, 0.2) is 36.4 Å². The topological polar surface area (TPSA) is 60.7 Å². The van der Waals surface area contributed by atoms with Gasteiger partial charge in [0.05, 0.1) is 6.10 Å². The van der Waals surface area contributed by atoms with Crippen LogP contribution in [-0.2, 0) is 11.8 Å². The molecule has 3 N–H and O–H groups in total. The second kappa shape index (κ2) is 4.26. The second-order valence-electron chi connectivity index (χ2n) is 7.12. The Kier molecular flexibility index (Phi) is 2.64. The molecule has 3 atom stereocenters. The fraction of sp³-hybridized carbons (Fsp3) is 0.368. The highest BCUT2D eigenvalue weighted by Gasteiger charge is 2.51. The van der Waals surface area contributed by atoms with Gasteiger partial charge < -0.3 is 15.3 Å². The van der Waals surface area contributed by atoms with Gasteiger partial charge in [0, 0.05) is 17.5 Å². The van der Waals surface area contributed by atoms with Crippen LogP contribution >= 0.6 is 0 Å². The zero-order valence-corrected chi connectivity index (χ0v) is 12.7. The monoisotopic (exact) mass is 296 g/mol. The molecule has 0 saturated heterocycles. The van der Waals surface area contributed by atoms with E-state index in [1.807, 2.05) is 12.1 Å². The molecule has 3 nitrogen and oxygen atoms in total. The summed E-state index contributed by atoms with van der Waals surface area (Å²) in [7, 11) is 0. The molecule has 2 aliphatic rings. The minimum absolute atomic E-state index is 0.000655. The first-order valence-corrected chi connectivity index (χ1v) is 7.73. The lowest BCUT2D eigenvalue weighted by molar-refractivity contribution is 0.0899. The van der Waals surface area contributed by atoms with E-state index in [2.05, 4.69) is 26.0 Å². The van der Waals surface area contributed by atoms with Crippen molar-refractivity contribution in [1.29, 1.82) is 0 Å². The molecule has 0 amide bonds. The van der Waals surface area contributed by atoms with E-state index in [0.29, 0.717) is 12.0 Å². The Bertz CT molecular complexity index is 763. The van der Waals surface area contributed by atoms with Crippen LogP contribution in [0.2, 0.25) is 0 Å². The van der Waals surface area contributed by atoms with Crippen molar-refractivity contribution in [2.24, 2.45) is 5.92 Å². The third-order valence-electron chi connectivity index (χ3n) is 5.70. The molecule has 22 heavy (non-hydrogen) atoms. The lowest BCUT2D eigenvalue weighted by Gasteiger charge is -2.39.